The van der Waals surface area contributed by atoms with Crippen molar-refractivity contribution in [1.29, 1.82) is 0 Å². The summed E-state index contributed by atoms with van der Waals surface area (Å²) >= 11 is 0. The third-order valence-electron chi connectivity index (χ3n) is 4.12. The van der Waals surface area contributed by atoms with Crippen LogP contribution in [-0.2, 0) is 10.0 Å². The van der Waals surface area contributed by atoms with Gasteiger partial charge in [0.25, 0.3) is 15.7 Å². The molecule has 150 valence electrons. The van der Waals surface area contributed by atoms with Crippen molar-refractivity contribution in [3.8, 4) is 0 Å². The van der Waals surface area contributed by atoms with Crippen LogP contribution in [0.4, 0.5) is 5.69 Å². The van der Waals surface area contributed by atoms with E-state index in [1.807, 2.05) is 6.92 Å². The molecule has 1 heterocycles. The molecule has 9 nitrogen and oxygen atoms in total. The molecule has 1 aromatic heterocycles. The highest BCUT2D eigenvalue weighted by Gasteiger charge is 2.25. The molecule has 3 rings (SSSR count). The van der Waals surface area contributed by atoms with Crippen LogP contribution in [0.15, 0.2) is 63.8 Å². The van der Waals surface area contributed by atoms with Gasteiger partial charge < -0.3 is 4.90 Å². The summed E-state index contributed by atoms with van der Waals surface area (Å²) in [6, 6.07) is 10.7. The van der Waals surface area contributed by atoms with Crippen LogP contribution in [0.25, 0.3) is 10.9 Å². The topological polar surface area (TPSA) is 110 Å². The number of fused-ring (bicyclic) bond motifs is 1. The summed E-state index contributed by atoms with van der Waals surface area (Å²) in [7, 11) is -0.427. The van der Waals surface area contributed by atoms with Crippen molar-refractivity contribution in [2.75, 3.05) is 14.1 Å². The molecular weight excluding hydrogens is 394 g/mol. The average Bonchev–Trinajstić information content (AvgIpc) is 3.05. The quantitative estimate of drug-likeness (QED) is 0.267. The second-order valence-corrected chi connectivity index (χ2v) is 8.38. The van der Waals surface area contributed by atoms with Crippen LogP contribution in [0.2, 0.25) is 0 Å². The molecule has 0 aliphatic rings. The molecule has 0 aliphatic heterocycles. The van der Waals surface area contributed by atoms with Crippen LogP contribution in [0.3, 0.4) is 0 Å². The van der Waals surface area contributed by atoms with Crippen LogP contribution in [0.1, 0.15) is 11.1 Å². The molecule has 2 aromatic carbocycles. The predicted molar refractivity (Wildman–Crippen MR) is 112 cm³/mol. The molecule has 0 saturated heterocycles. The summed E-state index contributed by atoms with van der Waals surface area (Å²) in [5, 5.41) is 19.4. The Hall–Kier alpha value is -3.53. The SMILES string of the molecule is Cc1ccc(S(=O)(=O)n2cc(/C=N/N=C/N(C)C)c3c([N+](=O)[O-])cccc32)cc1. The maximum absolute atomic E-state index is 13.2. The fourth-order valence-electron chi connectivity index (χ4n) is 2.77. The van der Waals surface area contributed by atoms with Gasteiger partial charge in [-0.2, -0.15) is 5.10 Å². The van der Waals surface area contributed by atoms with Crippen molar-refractivity contribution in [1.82, 2.24) is 8.87 Å². The molecule has 0 spiro atoms. The van der Waals surface area contributed by atoms with Gasteiger partial charge in [0, 0.05) is 31.9 Å². The van der Waals surface area contributed by atoms with Crippen molar-refractivity contribution >= 4 is 39.2 Å². The molecule has 0 amide bonds. The minimum absolute atomic E-state index is 0.0839. The summed E-state index contributed by atoms with van der Waals surface area (Å²) in [4.78, 5) is 12.7. The molecule has 0 radical (unpaired) electrons. The number of non-ortho nitro benzene ring substituents is 1. The molecule has 0 unspecified atom stereocenters. The molecule has 0 saturated carbocycles. The van der Waals surface area contributed by atoms with Crippen molar-refractivity contribution in [2.24, 2.45) is 10.2 Å². The summed E-state index contributed by atoms with van der Waals surface area (Å²) in [6.07, 6.45) is 4.07. The molecule has 0 fully saturated rings. The Bertz CT molecular complexity index is 1230. The summed E-state index contributed by atoms with van der Waals surface area (Å²) in [5.41, 5.74) is 1.18. The van der Waals surface area contributed by atoms with Crippen molar-refractivity contribution in [3.05, 3.63) is 69.9 Å². The van der Waals surface area contributed by atoms with Crippen LogP contribution in [0.5, 0.6) is 0 Å². The Kier molecular flexibility index (Phi) is 5.46. The normalized spacial score (nSPS) is 12.2. The Balaban J connectivity index is 2.25. The monoisotopic (exact) mass is 413 g/mol. The van der Waals surface area contributed by atoms with Gasteiger partial charge in [0.2, 0.25) is 0 Å². The zero-order valence-corrected chi connectivity index (χ0v) is 16.9. The van der Waals surface area contributed by atoms with Gasteiger partial charge in [-0.15, -0.1) is 5.10 Å². The van der Waals surface area contributed by atoms with E-state index in [1.165, 1.54) is 49.1 Å². The van der Waals surface area contributed by atoms with E-state index in [-0.39, 0.29) is 27.0 Å². The van der Waals surface area contributed by atoms with Gasteiger partial charge in [0.05, 0.1) is 26.9 Å². The van der Waals surface area contributed by atoms with Crippen LogP contribution in [-0.4, -0.2) is 48.9 Å². The van der Waals surface area contributed by atoms with E-state index >= 15 is 0 Å². The lowest BCUT2D eigenvalue weighted by molar-refractivity contribution is -0.383. The Morgan fingerprint density at radius 3 is 2.41 bits per heavy atom. The van der Waals surface area contributed by atoms with E-state index in [1.54, 1.807) is 31.1 Å². The summed E-state index contributed by atoms with van der Waals surface area (Å²) in [6.45, 7) is 1.85. The lowest BCUT2D eigenvalue weighted by Crippen LogP contribution is -2.11. The van der Waals surface area contributed by atoms with E-state index in [9.17, 15) is 18.5 Å². The number of nitro benzene ring substituents is 1. The number of hydrogen-bond donors (Lipinski definition) is 0. The average molecular weight is 413 g/mol. The number of aromatic nitrogens is 1. The first-order valence-corrected chi connectivity index (χ1v) is 9.99. The van der Waals surface area contributed by atoms with Gasteiger partial charge in [-0.1, -0.05) is 23.8 Å². The molecular formula is C19H19N5O4S. The largest absolute Gasteiger partial charge is 0.367 e. The second kappa shape index (κ2) is 7.84. The van der Waals surface area contributed by atoms with Gasteiger partial charge in [0.15, 0.2) is 0 Å². The molecule has 0 bridgehead atoms. The number of nitro groups is 1. The van der Waals surface area contributed by atoms with Crippen molar-refractivity contribution in [2.45, 2.75) is 11.8 Å². The van der Waals surface area contributed by atoms with Gasteiger partial charge in [-0.3, -0.25) is 10.1 Å². The number of nitrogens with zero attached hydrogens (tertiary/aromatic N) is 5. The Morgan fingerprint density at radius 2 is 1.79 bits per heavy atom. The van der Waals surface area contributed by atoms with Crippen LogP contribution >= 0.6 is 0 Å². The van der Waals surface area contributed by atoms with E-state index in [2.05, 4.69) is 10.2 Å². The maximum atomic E-state index is 13.2. The fraction of sp³-hybridized carbons (Fsp3) is 0.158. The highest BCUT2D eigenvalue weighted by molar-refractivity contribution is 7.90. The molecule has 0 aliphatic carbocycles. The number of rotatable bonds is 6. The lowest BCUT2D eigenvalue weighted by Gasteiger charge is -2.07. The molecule has 0 atom stereocenters. The van der Waals surface area contributed by atoms with Gasteiger partial charge >= 0.3 is 0 Å². The van der Waals surface area contributed by atoms with Crippen molar-refractivity contribution < 1.29 is 13.3 Å². The minimum Gasteiger partial charge on any atom is -0.367 e. The standard InChI is InChI=1S/C19H19N5O4S/c1-14-7-9-16(10-8-14)29(27,28)23-12-15(11-20-21-13-22(2)3)19-17(23)5-4-6-18(19)24(25)26/h4-13H,1-3H3/b20-11+,21-13+. The van der Waals surface area contributed by atoms with Gasteiger partial charge in [0.1, 0.15) is 6.34 Å². The first-order chi connectivity index (χ1) is 13.7. The van der Waals surface area contributed by atoms with E-state index in [0.717, 1.165) is 9.54 Å². The Labute approximate surface area is 167 Å². The number of hydrogen-bond acceptors (Lipinski definition) is 6. The zero-order chi connectivity index (χ0) is 21.2. The smallest absolute Gasteiger partial charge is 0.279 e. The van der Waals surface area contributed by atoms with E-state index in [0.29, 0.717) is 0 Å². The molecule has 0 N–H and O–H groups in total. The minimum atomic E-state index is -3.96. The molecule has 10 heteroatoms. The number of benzene rings is 2. The highest BCUT2D eigenvalue weighted by Crippen LogP contribution is 2.32. The first-order valence-electron chi connectivity index (χ1n) is 8.55. The third kappa shape index (κ3) is 4.02. The van der Waals surface area contributed by atoms with Gasteiger partial charge in [-0.25, -0.2) is 12.4 Å². The first kappa shape index (κ1) is 20.2. The van der Waals surface area contributed by atoms with Crippen LogP contribution in [0, 0.1) is 17.0 Å². The molecule has 29 heavy (non-hydrogen) atoms. The fourth-order valence-corrected chi connectivity index (χ4v) is 4.14. The summed E-state index contributed by atoms with van der Waals surface area (Å²) in [5.74, 6) is 0. The van der Waals surface area contributed by atoms with Gasteiger partial charge in [-0.05, 0) is 25.1 Å². The zero-order valence-electron chi connectivity index (χ0n) is 16.1. The lowest BCUT2D eigenvalue weighted by atomic mass is 10.1. The maximum Gasteiger partial charge on any atom is 0.279 e. The van der Waals surface area contributed by atoms with Crippen LogP contribution < -0.4 is 0 Å². The second-order valence-electron chi connectivity index (χ2n) is 6.57. The predicted octanol–water partition coefficient (Wildman–Crippen LogP) is 3.02. The third-order valence-corrected chi connectivity index (χ3v) is 5.81. The number of aryl methyl sites for hydroxylation is 1. The van der Waals surface area contributed by atoms with E-state index in [4.69, 9.17) is 0 Å². The van der Waals surface area contributed by atoms with E-state index < -0.39 is 14.9 Å². The molecule has 3 aromatic rings. The summed E-state index contributed by atoms with van der Waals surface area (Å²) < 4.78 is 27.4. The Morgan fingerprint density at radius 1 is 1.10 bits per heavy atom. The van der Waals surface area contributed by atoms with Crippen molar-refractivity contribution in [3.63, 3.8) is 0 Å². The highest BCUT2D eigenvalue weighted by atomic mass is 32.2.